The highest BCUT2D eigenvalue weighted by Gasteiger charge is 2.27. The SMILES string of the molecule is CCCc1nc(N2CCN(C(=O)COC)CC2)c2c3c(sc2n1)CCCCC3. The summed E-state index contributed by atoms with van der Waals surface area (Å²) < 4.78 is 5.01. The number of carbonyl (C=O) groups is 1. The second-order valence-electron chi connectivity index (χ2n) is 7.76. The van der Waals surface area contributed by atoms with Gasteiger partial charge in [0.1, 0.15) is 23.1 Å². The Morgan fingerprint density at radius 2 is 1.89 bits per heavy atom. The Morgan fingerprint density at radius 1 is 1.11 bits per heavy atom. The summed E-state index contributed by atoms with van der Waals surface area (Å²) >= 11 is 1.88. The molecule has 0 saturated carbocycles. The molecule has 1 saturated heterocycles. The van der Waals surface area contributed by atoms with Crippen LogP contribution in [-0.2, 0) is 28.8 Å². The van der Waals surface area contributed by atoms with Gasteiger partial charge in [-0.1, -0.05) is 13.3 Å². The molecule has 152 valence electrons. The Balaban J connectivity index is 1.67. The van der Waals surface area contributed by atoms with Gasteiger partial charge in [-0.15, -0.1) is 11.3 Å². The lowest BCUT2D eigenvalue weighted by molar-refractivity contribution is -0.135. The summed E-state index contributed by atoms with van der Waals surface area (Å²) in [4.78, 5) is 29.0. The smallest absolute Gasteiger partial charge is 0.248 e. The molecule has 1 fully saturated rings. The lowest BCUT2D eigenvalue weighted by Crippen LogP contribution is -2.50. The van der Waals surface area contributed by atoms with Crippen LogP contribution in [0.4, 0.5) is 5.82 Å². The number of carbonyl (C=O) groups excluding carboxylic acids is 1. The topological polar surface area (TPSA) is 58.6 Å². The first-order valence-corrected chi connectivity index (χ1v) is 11.4. The number of aryl methyl sites for hydroxylation is 3. The molecule has 0 radical (unpaired) electrons. The fraction of sp³-hybridized carbons (Fsp3) is 0.667. The number of methoxy groups -OCH3 is 1. The molecule has 2 aromatic heterocycles. The first-order chi connectivity index (χ1) is 13.7. The fourth-order valence-electron chi connectivity index (χ4n) is 4.30. The van der Waals surface area contributed by atoms with Crippen LogP contribution >= 0.6 is 11.3 Å². The monoisotopic (exact) mass is 402 g/mol. The third kappa shape index (κ3) is 3.87. The van der Waals surface area contributed by atoms with Crippen molar-refractivity contribution in [3.63, 3.8) is 0 Å². The summed E-state index contributed by atoms with van der Waals surface area (Å²) in [6.07, 6.45) is 8.14. The average Bonchev–Trinajstić information content (AvgIpc) is 2.89. The molecule has 6 nitrogen and oxygen atoms in total. The van der Waals surface area contributed by atoms with Gasteiger partial charge in [0.15, 0.2) is 0 Å². The van der Waals surface area contributed by atoms with E-state index in [0.717, 1.165) is 57.1 Å². The molecule has 2 aliphatic rings. The zero-order valence-corrected chi connectivity index (χ0v) is 17.8. The first kappa shape index (κ1) is 19.6. The number of rotatable bonds is 5. The highest BCUT2D eigenvalue weighted by Crippen LogP contribution is 2.39. The molecule has 0 spiro atoms. The predicted molar refractivity (Wildman–Crippen MR) is 113 cm³/mol. The van der Waals surface area contributed by atoms with Crippen molar-refractivity contribution in [3.05, 3.63) is 16.3 Å². The third-order valence-electron chi connectivity index (χ3n) is 5.77. The number of hydrogen-bond donors (Lipinski definition) is 0. The number of nitrogens with zero attached hydrogens (tertiary/aromatic N) is 4. The number of thiophene rings is 1. The zero-order chi connectivity index (χ0) is 19.5. The molecule has 2 aromatic rings. The van der Waals surface area contributed by atoms with Gasteiger partial charge in [0, 0.05) is 44.6 Å². The Labute approximate surface area is 170 Å². The molecule has 0 atom stereocenters. The van der Waals surface area contributed by atoms with Gasteiger partial charge in [0.2, 0.25) is 5.91 Å². The Hall–Kier alpha value is -1.73. The maximum absolute atomic E-state index is 12.1. The van der Waals surface area contributed by atoms with Gasteiger partial charge >= 0.3 is 0 Å². The van der Waals surface area contributed by atoms with Gasteiger partial charge in [-0.2, -0.15) is 0 Å². The van der Waals surface area contributed by atoms with E-state index in [0.29, 0.717) is 0 Å². The summed E-state index contributed by atoms with van der Waals surface area (Å²) in [5.74, 6) is 2.14. The number of fused-ring (bicyclic) bond motifs is 3. The van der Waals surface area contributed by atoms with E-state index < -0.39 is 0 Å². The van der Waals surface area contributed by atoms with E-state index >= 15 is 0 Å². The van der Waals surface area contributed by atoms with Gasteiger partial charge in [-0.3, -0.25) is 4.79 Å². The number of amides is 1. The van der Waals surface area contributed by atoms with Crippen LogP contribution in [-0.4, -0.2) is 60.7 Å². The minimum Gasteiger partial charge on any atom is -0.375 e. The lowest BCUT2D eigenvalue weighted by Gasteiger charge is -2.35. The van der Waals surface area contributed by atoms with Crippen molar-refractivity contribution >= 4 is 33.3 Å². The number of anilines is 1. The molecule has 0 unspecified atom stereocenters. The van der Waals surface area contributed by atoms with Crippen LogP contribution in [0.15, 0.2) is 0 Å². The van der Waals surface area contributed by atoms with Crippen molar-refractivity contribution in [2.45, 2.75) is 51.9 Å². The lowest BCUT2D eigenvalue weighted by atomic mass is 10.1. The molecule has 0 aromatic carbocycles. The normalized spacial score (nSPS) is 17.6. The molecule has 28 heavy (non-hydrogen) atoms. The molecular weight excluding hydrogens is 372 g/mol. The molecule has 0 N–H and O–H groups in total. The summed E-state index contributed by atoms with van der Waals surface area (Å²) in [7, 11) is 1.57. The maximum atomic E-state index is 12.1. The Kier molecular flexibility index (Phi) is 6.11. The maximum Gasteiger partial charge on any atom is 0.248 e. The van der Waals surface area contributed by atoms with Gasteiger partial charge in [-0.25, -0.2) is 9.97 Å². The van der Waals surface area contributed by atoms with Crippen molar-refractivity contribution in [1.29, 1.82) is 0 Å². The summed E-state index contributed by atoms with van der Waals surface area (Å²) in [5.41, 5.74) is 1.49. The van der Waals surface area contributed by atoms with Gasteiger partial charge in [0.25, 0.3) is 0 Å². The van der Waals surface area contributed by atoms with Crippen molar-refractivity contribution in [2.75, 3.05) is 44.8 Å². The molecule has 1 amide bonds. The summed E-state index contributed by atoms with van der Waals surface area (Å²) in [5, 5.41) is 1.29. The van der Waals surface area contributed by atoms with Crippen LogP contribution in [0.25, 0.3) is 10.2 Å². The Bertz CT molecular complexity index is 843. The van der Waals surface area contributed by atoms with Crippen molar-refractivity contribution in [2.24, 2.45) is 0 Å². The predicted octanol–water partition coefficient (Wildman–Crippen LogP) is 3.21. The average molecular weight is 403 g/mol. The standard InChI is InChI=1S/C21H30N4O2S/c1-3-7-17-22-20(25-12-10-24(11-13-25)18(26)14-27-2)19-15-8-5-4-6-9-16(15)28-21(19)23-17/h3-14H2,1-2H3. The van der Waals surface area contributed by atoms with Crippen LogP contribution in [0.5, 0.6) is 0 Å². The highest BCUT2D eigenvalue weighted by atomic mass is 32.1. The van der Waals surface area contributed by atoms with E-state index in [4.69, 9.17) is 14.7 Å². The van der Waals surface area contributed by atoms with Crippen LogP contribution in [0.2, 0.25) is 0 Å². The summed E-state index contributed by atoms with van der Waals surface area (Å²) in [6, 6.07) is 0. The molecule has 0 bridgehead atoms. The van der Waals surface area contributed by atoms with Gasteiger partial charge in [-0.05, 0) is 37.7 Å². The van der Waals surface area contributed by atoms with E-state index in [9.17, 15) is 4.79 Å². The van der Waals surface area contributed by atoms with Crippen LogP contribution in [0.1, 0.15) is 48.9 Å². The molecule has 3 heterocycles. The van der Waals surface area contributed by atoms with Crippen LogP contribution < -0.4 is 4.90 Å². The highest BCUT2D eigenvalue weighted by molar-refractivity contribution is 7.19. The number of piperazine rings is 1. The van der Waals surface area contributed by atoms with Crippen LogP contribution in [0, 0.1) is 0 Å². The molecule has 7 heteroatoms. The largest absolute Gasteiger partial charge is 0.375 e. The van der Waals surface area contributed by atoms with Gasteiger partial charge < -0.3 is 14.5 Å². The molecule has 1 aliphatic carbocycles. The van der Waals surface area contributed by atoms with E-state index in [1.807, 2.05) is 16.2 Å². The second-order valence-corrected chi connectivity index (χ2v) is 8.84. The molecular formula is C21H30N4O2S. The van der Waals surface area contributed by atoms with Gasteiger partial charge in [0.05, 0.1) is 5.39 Å². The molecule has 1 aliphatic heterocycles. The number of ether oxygens (including phenoxy) is 1. The molecule has 4 rings (SSSR count). The zero-order valence-electron chi connectivity index (χ0n) is 17.0. The number of aromatic nitrogens is 2. The Morgan fingerprint density at radius 3 is 2.64 bits per heavy atom. The fourth-order valence-corrected chi connectivity index (χ4v) is 5.58. The van der Waals surface area contributed by atoms with E-state index in [-0.39, 0.29) is 12.5 Å². The van der Waals surface area contributed by atoms with Crippen molar-refractivity contribution in [1.82, 2.24) is 14.9 Å². The van der Waals surface area contributed by atoms with E-state index in [1.54, 1.807) is 7.11 Å². The minimum atomic E-state index is 0.0751. The number of hydrogen-bond acceptors (Lipinski definition) is 6. The quantitative estimate of drug-likeness (QED) is 0.719. The van der Waals surface area contributed by atoms with Crippen molar-refractivity contribution < 1.29 is 9.53 Å². The summed E-state index contributed by atoms with van der Waals surface area (Å²) in [6.45, 7) is 5.43. The van der Waals surface area contributed by atoms with E-state index in [1.165, 1.54) is 46.3 Å². The van der Waals surface area contributed by atoms with Crippen molar-refractivity contribution in [3.8, 4) is 0 Å². The second kappa shape index (κ2) is 8.74. The van der Waals surface area contributed by atoms with Crippen LogP contribution in [0.3, 0.4) is 0 Å². The minimum absolute atomic E-state index is 0.0751. The third-order valence-corrected chi connectivity index (χ3v) is 6.95. The van der Waals surface area contributed by atoms with E-state index in [2.05, 4.69) is 11.8 Å². The first-order valence-electron chi connectivity index (χ1n) is 10.5.